The van der Waals surface area contributed by atoms with Crippen LogP contribution in [0.3, 0.4) is 0 Å². The molecule has 180 valence electrons. The minimum atomic E-state index is -3.87. The molecule has 0 saturated carbocycles. The number of nitrogens with zero attached hydrogens (tertiary/aromatic N) is 2. The first kappa shape index (κ1) is 13.1. The number of benzene rings is 2. The smallest absolute Gasteiger partial charge is 0.161 e. The van der Waals surface area contributed by atoms with Crippen molar-refractivity contribution in [3.63, 3.8) is 0 Å². The Bertz CT molecular complexity index is 1500. The van der Waals surface area contributed by atoms with Crippen LogP contribution >= 0.6 is 0 Å². The van der Waals surface area contributed by atoms with E-state index in [-0.39, 0.29) is 27.7 Å². The van der Waals surface area contributed by atoms with Crippen LogP contribution < -0.4 is 18.9 Å². The lowest BCUT2D eigenvalue weighted by Gasteiger charge is -2.32. The number of hydrogen-bond donors (Lipinski definition) is 0. The van der Waals surface area contributed by atoms with E-state index in [1.165, 1.54) is 40.2 Å². The fourth-order valence-electron chi connectivity index (χ4n) is 2.87. The third kappa shape index (κ3) is 6.33. The largest absolute Gasteiger partial charge is 0.493 e. The van der Waals surface area contributed by atoms with Gasteiger partial charge in [0.1, 0.15) is 0 Å². The van der Waals surface area contributed by atoms with Crippen molar-refractivity contribution in [3.8, 4) is 29.1 Å². The number of hydrogen-bond acceptors (Lipinski definition) is 6. The summed E-state index contributed by atoms with van der Waals surface area (Å²) in [6.07, 6.45) is -10.6. The Morgan fingerprint density at radius 2 is 1.67 bits per heavy atom. The van der Waals surface area contributed by atoms with Crippen molar-refractivity contribution in [1.29, 1.82) is 5.26 Å². The average Bonchev–Trinajstić information content (AvgIpc) is 2.99. The Balaban J connectivity index is 2.90. The van der Waals surface area contributed by atoms with Gasteiger partial charge in [0.15, 0.2) is 23.0 Å². The first-order valence-corrected chi connectivity index (χ1v) is 10.00. The van der Waals surface area contributed by atoms with E-state index < -0.39 is 72.9 Å². The van der Waals surface area contributed by atoms with Crippen LogP contribution in [0.1, 0.15) is 55.5 Å². The van der Waals surface area contributed by atoms with Crippen molar-refractivity contribution < 1.29 is 36.8 Å². The Hall–Kier alpha value is -2.91. The van der Waals surface area contributed by atoms with Crippen molar-refractivity contribution >= 4 is 0 Å². The van der Waals surface area contributed by atoms with Gasteiger partial charge < -0.3 is 23.8 Å². The topological polar surface area (TPSA) is 64.0 Å². The lowest BCUT2D eigenvalue weighted by Crippen LogP contribution is -2.32. The molecular weight excluding hydrogens is 416 g/mol. The Morgan fingerprint density at radius 3 is 2.24 bits per heavy atom. The molecule has 0 radical (unpaired) electrons. The highest BCUT2D eigenvalue weighted by Gasteiger charge is 2.36. The summed E-state index contributed by atoms with van der Waals surface area (Å²) in [6, 6.07) is 3.00. The molecule has 0 saturated heterocycles. The molecule has 1 atom stereocenters. The zero-order valence-electron chi connectivity index (χ0n) is 32.8. The van der Waals surface area contributed by atoms with E-state index in [4.69, 9.17) is 36.8 Å². The Labute approximate surface area is 217 Å². The zero-order chi connectivity index (χ0) is 36.0. The molecule has 2 aromatic rings. The van der Waals surface area contributed by atoms with Crippen molar-refractivity contribution in [2.75, 3.05) is 48.5 Å². The van der Waals surface area contributed by atoms with Crippen molar-refractivity contribution in [2.24, 2.45) is 5.92 Å². The molecule has 6 heteroatoms. The van der Waals surface area contributed by atoms with E-state index in [9.17, 15) is 5.26 Å². The van der Waals surface area contributed by atoms with Crippen LogP contribution in [-0.4, -0.2) is 53.4 Å². The van der Waals surface area contributed by atoms with Crippen molar-refractivity contribution in [2.45, 2.75) is 38.4 Å². The van der Waals surface area contributed by atoms with E-state index in [2.05, 4.69) is 0 Å². The fraction of sp³-hybridized carbons (Fsp3) is 0.519. The molecule has 0 aliphatic rings. The number of methoxy groups -OCH3 is 4. The normalized spacial score (nSPS) is 20.8. The van der Waals surface area contributed by atoms with Gasteiger partial charge in [-0.25, -0.2) is 0 Å². The van der Waals surface area contributed by atoms with Crippen LogP contribution in [0.15, 0.2) is 36.3 Å². The maximum Gasteiger partial charge on any atom is 0.161 e. The molecule has 6 nitrogen and oxygen atoms in total. The molecule has 0 aliphatic carbocycles. The van der Waals surface area contributed by atoms with Crippen LogP contribution in [0.25, 0.3) is 0 Å². The molecule has 0 spiro atoms. The molecule has 33 heavy (non-hydrogen) atoms. The summed E-state index contributed by atoms with van der Waals surface area (Å²) >= 11 is 0. The first-order valence-electron chi connectivity index (χ1n) is 16.5. The lowest BCUT2D eigenvalue weighted by molar-refractivity contribution is 0.292. The quantitative estimate of drug-likeness (QED) is 0.409. The highest BCUT2D eigenvalue weighted by atomic mass is 16.5. The molecule has 1 unspecified atom stereocenters. The number of likely N-dealkylation sites (N-methyl/N-ethyl adjacent to an activating group) is 1. The summed E-state index contributed by atoms with van der Waals surface area (Å²) in [5.41, 5.74) is -3.95. The second-order valence-corrected chi connectivity index (χ2v) is 7.12. The Morgan fingerprint density at radius 1 is 1.00 bits per heavy atom. The molecule has 0 aromatic heterocycles. The second kappa shape index (κ2) is 12.4. The van der Waals surface area contributed by atoms with Gasteiger partial charge in [-0.3, -0.25) is 0 Å². The summed E-state index contributed by atoms with van der Waals surface area (Å²) in [5.74, 6) is -1.83. The van der Waals surface area contributed by atoms with E-state index in [1.807, 2.05) is 0 Å². The van der Waals surface area contributed by atoms with Gasteiger partial charge in [0.05, 0.1) is 44.0 Å². The van der Waals surface area contributed by atoms with E-state index in [0.29, 0.717) is 0 Å². The highest BCUT2D eigenvalue weighted by molar-refractivity contribution is 5.47. The van der Waals surface area contributed by atoms with Crippen LogP contribution in [0.5, 0.6) is 23.0 Å². The molecule has 2 rings (SSSR count). The summed E-state index contributed by atoms with van der Waals surface area (Å²) in [4.78, 5) is 0.0741. The monoisotopic (exact) mass is 467 g/mol. The predicted octanol–water partition coefficient (Wildman–Crippen LogP) is 5.09. The average molecular weight is 468 g/mol. The van der Waals surface area contributed by atoms with Gasteiger partial charge >= 0.3 is 0 Å². The molecule has 0 fully saturated rings. The molecule has 2 aromatic carbocycles. The first-order chi connectivity index (χ1) is 20.9. The summed E-state index contributed by atoms with van der Waals surface area (Å²) in [5, 5.41) is 10.6. The van der Waals surface area contributed by atoms with Crippen LogP contribution in [0, 0.1) is 17.2 Å². The third-order valence-corrected chi connectivity index (χ3v) is 4.83. The van der Waals surface area contributed by atoms with Crippen LogP contribution in [-0.2, 0) is 11.8 Å². The van der Waals surface area contributed by atoms with Crippen molar-refractivity contribution in [1.82, 2.24) is 4.90 Å². The second-order valence-electron chi connectivity index (χ2n) is 7.12. The standard InChI is InChI=1S/C27H38N2O4/c1-20(2)27(19-28,22-10-12-24(31-5)26(18-22)33-7)14-8-15-29(3)16-13-21-9-11-23(30-4)25(17-21)32-6/h9-12,17-18,20H,8,13-16H2,1-7H3/i8D2,10D,12D,13D2,14D2,15D2,16D2,18D. The number of ether oxygens (including phenoxy) is 4. The minimum Gasteiger partial charge on any atom is -0.493 e. The summed E-state index contributed by atoms with van der Waals surface area (Å²) in [6.45, 7) is -4.51. The van der Waals surface area contributed by atoms with Crippen molar-refractivity contribution in [3.05, 3.63) is 47.5 Å². The van der Waals surface area contributed by atoms with E-state index in [1.54, 1.807) is 6.07 Å². The molecular formula is C27H38N2O4. The van der Waals surface area contributed by atoms with Gasteiger partial charge in [0.25, 0.3) is 0 Å². The summed E-state index contributed by atoms with van der Waals surface area (Å²) < 4.78 is 135. The van der Waals surface area contributed by atoms with E-state index in [0.717, 1.165) is 27.3 Å². The zero-order valence-corrected chi connectivity index (χ0v) is 19.8. The number of rotatable bonds is 13. The minimum absolute atomic E-state index is 0.0359. The van der Waals surface area contributed by atoms with Gasteiger partial charge in [-0.15, -0.1) is 0 Å². The van der Waals surface area contributed by atoms with Gasteiger partial charge in [-0.1, -0.05) is 26.0 Å². The molecule has 0 bridgehead atoms. The third-order valence-electron chi connectivity index (χ3n) is 4.83. The summed E-state index contributed by atoms with van der Waals surface area (Å²) in [7, 11) is 5.60. The predicted molar refractivity (Wildman–Crippen MR) is 132 cm³/mol. The van der Waals surface area contributed by atoms with Crippen LogP contribution in [0.4, 0.5) is 0 Å². The lowest BCUT2D eigenvalue weighted by atomic mass is 9.69. The van der Waals surface area contributed by atoms with Gasteiger partial charge in [0, 0.05) is 20.2 Å². The van der Waals surface area contributed by atoms with Crippen LogP contribution in [0.2, 0.25) is 0 Å². The van der Waals surface area contributed by atoms with Gasteiger partial charge in [-0.05, 0) is 73.9 Å². The molecule has 0 heterocycles. The number of nitriles is 1. The number of aryl methyl sites for hydroxylation is 1. The maximum atomic E-state index is 10.6. The molecule has 0 N–H and O–H groups in total. The Kier molecular flexibility index (Phi) is 4.91. The molecule has 0 amide bonds. The fourth-order valence-corrected chi connectivity index (χ4v) is 2.87. The van der Waals surface area contributed by atoms with E-state index >= 15 is 0 Å². The SMILES string of the molecule is [2H]c1c([2H])c(C(C#N)(C(C)C)C([2H])([2H])C([2H])([2H])C([2H])([2H])N(C)C([2H])([2H])C([2H])([2H])c2ccc(OC)c(OC)c2)c([2H])c(OC)c1OC. The van der Waals surface area contributed by atoms with Gasteiger partial charge in [0.2, 0.25) is 0 Å². The highest BCUT2D eigenvalue weighted by Crippen LogP contribution is 2.40. The maximum absolute atomic E-state index is 10.6. The van der Waals surface area contributed by atoms with Gasteiger partial charge in [-0.2, -0.15) is 5.26 Å². The molecule has 0 aliphatic heterocycles.